The highest BCUT2D eigenvalue weighted by molar-refractivity contribution is 7.89. The summed E-state index contributed by atoms with van der Waals surface area (Å²) in [7, 11) is -4.33. The van der Waals surface area contributed by atoms with Crippen molar-refractivity contribution in [2.24, 2.45) is 0 Å². The zero-order valence-corrected chi connectivity index (χ0v) is 18.0. The second kappa shape index (κ2) is 9.80. The Morgan fingerprint density at radius 2 is 1.81 bits per heavy atom. The van der Waals surface area contributed by atoms with Crippen molar-refractivity contribution in [2.75, 3.05) is 25.1 Å². The molecule has 0 unspecified atom stereocenters. The first-order chi connectivity index (χ1) is 15.0. The molecule has 0 radical (unpaired) electrons. The number of sulfonamides is 1. The number of rotatable bonds is 6. The lowest BCUT2D eigenvalue weighted by atomic mass is 10.2. The normalized spacial score (nSPS) is 14.2. The van der Waals surface area contributed by atoms with Gasteiger partial charge in [-0.3, -0.25) is 4.79 Å². The molecule has 2 aromatic carbocycles. The van der Waals surface area contributed by atoms with Gasteiger partial charge in [-0.1, -0.05) is 11.6 Å². The minimum Gasteiger partial charge on any atom is -0.489 e. The Morgan fingerprint density at radius 3 is 2.50 bits per heavy atom. The van der Waals surface area contributed by atoms with Gasteiger partial charge in [0.1, 0.15) is 6.54 Å². The van der Waals surface area contributed by atoms with E-state index < -0.39 is 28.7 Å². The number of carbonyl (C=O) groups is 1. The van der Waals surface area contributed by atoms with Crippen molar-refractivity contribution >= 4 is 39.3 Å². The summed E-state index contributed by atoms with van der Waals surface area (Å²) >= 11 is 6.21. The number of hydrogen-bond donors (Lipinski definition) is 2. The fraction of sp³-hybridized carbons (Fsp3) is 0.250. The van der Waals surface area contributed by atoms with E-state index in [1.54, 1.807) is 12.1 Å². The van der Waals surface area contributed by atoms with Crippen molar-refractivity contribution in [1.29, 1.82) is 0 Å². The van der Waals surface area contributed by atoms with Gasteiger partial charge in [-0.2, -0.15) is 13.2 Å². The summed E-state index contributed by atoms with van der Waals surface area (Å²) in [6.45, 7) is -0.709. The summed E-state index contributed by atoms with van der Waals surface area (Å²) < 4.78 is 73.0. The number of benzene rings is 2. The van der Waals surface area contributed by atoms with Crippen LogP contribution < -0.4 is 19.5 Å². The predicted molar refractivity (Wildman–Crippen MR) is 112 cm³/mol. The van der Waals surface area contributed by atoms with E-state index >= 15 is 0 Å². The first-order valence-electron chi connectivity index (χ1n) is 9.28. The molecule has 7 nitrogen and oxygen atoms in total. The number of halogens is 4. The van der Waals surface area contributed by atoms with Crippen molar-refractivity contribution in [2.45, 2.75) is 17.5 Å². The van der Waals surface area contributed by atoms with Crippen LogP contribution in [0.25, 0.3) is 6.08 Å². The number of amides is 1. The molecule has 0 saturated carbocycles. The molecule has 32 heavy (non-hydrogen) atoms. The van der Waals surface area contributed by atoms with Crippen LogP contribution in [0.3, 0.4) is 0 Å². The SMILES string of the molecule is O=C(/C=C/c1cc(Cl)c2c(c1)OCCCO2)Nc1ccc(S(=O)(=O)NCC(F)(F)F)cc1. The molecule has 2 N–H and O–H groups in total. The van der Waals surface area contributed by atoms with Crippen LogP contribution in [-0.2, 0) is 14.8 Å². The maximum absolute atomic E-state index is 12.2. The zero-order chi connectivity index (χ0) is 23.4. The topological polar surface area (TPSA) is 93.7 Å². The Balaban J connectivity index is 1.63. The summed E-state index contributed by atoms with van der Waals surface area (Å²) in [6, 6.07) is 8.00. The van der Waals surface area contributed by atoms with Crippen LogP contribution >= 0.6 is 11.6 Å². The number of carbonyl (C=O) groups excluding carboxylic acids is 1. The quantitative estimate of drug-likeness (QED) is 0.597. The minimum atomic E-state index is -4.67. The number of anilines is 1. The third-order valence-electron chi connectivity index (χ3n) is 4.15. The van der Waals surface area contributed by atoms with Crippen LogP contribution in [0, 0.1) is 0 Å². The van der Waals surface area contributed by atoms with E-state index in [1.807, 2.05) is 0 Å². The molecule has 1 amide bonds. The maximum atomic E-state index is 12.2. The highest BCUT2D eigenvalue weighted by atomic mass is 35.5. The molecule has 0 spiro atoms. The van der Waals surface area contributed by atoms with Gasteiger partial charge in [-0.15, -0.1) is 0 Å². The molecule has 1 heterocycles. The number of nitrogens with one attached hydrogen (secondary N) is 2. The summed E-state index contributed by atoms with van der Waals surface area (Å²) in [4.78, 5) is 11.8. The van der Waals surface area contributed by atoms with Gasteiger partial charge in [0.25, 0.3) is 0 Å². The van der Waals surface area contributed by atoms with Gasteiger partial charge in [0, 0.05) is 18.2 Å². The van der Waals surface area contributed by atoms with E-state index in [1.165, 1.54) is 29.0 Å². The number of hydrogen-bond acceptors (Lipinski definition) is 5. The largest absolute Gasteiger partial charge is 0.489 e. The Labute approximate surface area is 187 Å². The summed E-state index contributed by atoms with van der Waals surface area (Å²) in [5.41, 5.74) is 0.859. The van der Waals surface area contributed by atoms with Gasteiger partial charge >= 0.3 is 6.18 Å². The molecule has 0 fully saturated rings. The second-order valence-corrected chi connectivity index (χ2v) is 8.84. The highest BCUT2D eigenvalue weighted by Crippen LogP contribution is 2.38. The molecular weight excluding hydrogens is 473 g/mol. The lowest BCUT2D eigenvalue weighted by molar-refractivity contribution is -0.121. The van der Waals surface area contributed by atoms with Gasteiger partial charge in [-0.25, -0.2) is 13.1 Å². The molecule has 0 aromatic heterocycles. The lowest BCUT2D eigenvalue weighted by Gasteiger charge is -2.10. The number of ether oxygens (including phenoxy) is 2. The smallest absolute Gasteiger partial charge is 0.402 e. The Kier molecular flexibility index (Phi) is 7.32. The van der Waals surface area contributed by atoms with Gasteiger partial charge < -0.3 is 14.8 Å². The number of alkyl halides is 3. The molecule has 1 aliphatic heterocycles. The van der Waals surface area contributed by atoms with E-state index in [0.29, 0.717) is 35.3 Å². The van der Waals surface area contributed by atoms with E-state index in [0.717, 1.165) is 18.6 Å². The van der Waals surface area contributed by atoms with Crippen molar-refractivity contribution in [1.82, 2.24) is 4.72 Å². The van der Waals surface area contributed by atoms with Crippen molar-refractivity contribution in [3.8, 4) is 11.5 Å². The minimum absolute atomic E-state index is 0.256. The molecule has 0 atom stereocenters. The Hall–Kier alpha value is -2.76. The van der Waals surface area contributed by atoms with Crippen molar-refractivity contribution < 1.29 is 35.9 Å². The van der Waals surface area contributed by atoms with Crippen LogP contribution in [0.2, 0.25) is 5.02 Å². The Morgan fingerprint density at radius 1 is 1.12 bits per heavy atom. The molecule has 172 valence electrons. The molecule has 0 saturated heterocycles. The van der Waals surface area contributed by atoms with Crippen molar-refractivity contribution in [3.05, 3.63) is 53.1 Å². The first kappa shape index (κ1) is 23.9. The van der Waals surface area contributed by atoms with E-state index in [-0.39, 0.29) is 10.6 Å². The summed E-state index contributed by atoms with van der Waals surface area (Å²) in [5, 5.41) is 2.87. The Bertz CT molecular complexity index is 1120. The standard InChI is InChI=1S/C20H18ClF3N2O5S/c21-16-10-13(11-17-19(16)31-9-1-8-30-17)2-7-18(27)26-14-3-5-15(6-4-14)32(28,29)25-12-20(22,23)24/h2-7,10-11,25H,1,8-9,12H2,(H,26,27)/b7-2+. The third kappa shape index (κ3) is 6.62. The van der Waals surface area contributed by atoms with E-state index in [2.05, 4.69) is 5.32 Å². The van der Waals surface area contributed by atoms with Crippen LogP contribution in [-0.4, -0.2) is 40.3 Å². The third-order valence-corrected chi connectivity index (χ3v) is 5.84. The summed E-state index contributed by atoms with van der Waals surface area (Å²) in [6.07, 6.45) is -1.20. The molecule has 0 bridgehead atoms. The molecular formula is C20H18ClF3N2O5S. The zero-order valence-electron chi connectivity index (χ0n) is 16.4. The monoisotopic (exact) mass is 490 g/mol. The average molecular weight is 491 g/mol. The van der Waals surface area contributed by atoms with Crippen LogP contribution in [0.15, 0.2) is 47.4 Å². The molecule has 12 heteroatoms. The molecule has 3 rings (SSSR count). The van der Waals surface area contributed by atoms with Crippen LogP contribution in [0.4, 0.5) is 18.9 Å². The van der Waals surface area contributed by atoms with Crippen LogP contribution in [0.1, 0.15) is 12.0 Å². The predicted octanol–water partition coefficient (Wildman–Crippen LogP) is 3.99. The molecule has 0 aliphatic carbocycles. The second-order valence-electron chi connectivity index (χ2n) is 6.67. The lowest BCUT2D eigenvalue weighted by Crippen LogP contribution is -2.33. The highest BCUT2D eigenvalue weighted by Gasteiger charge is 2.30. The van der Waals surface area contributed by atoms with Gasteiger partial charge in [0.2, 0.25) is 15.9 Å². The maximum Gasteiger partial charge on any atom is 0.402 e. The van der Waals surface area contributed by atoms with E-state index in [4.69, 9.17) is 21.1 Å². The van der Waals surface area contributed by atoms with E-state index in [9.17, 15) is 26.4 Å². The molecule has 2 aromatic rings. The fourth-order valence-corrected chi connectivity index (χ4v) is 3.97. The average Bonchev–Trinajstić information content (AvgIpc) is 2.97. The van der Waals surface area contributed by atoms with Gasteiger partial charge in [0.15, 0.2) is 11.5 Å². The first-order valence-corrected chi connectivity index (χ1v) is 11.1. The van der Waals surface area contributed by atoms with Gasteiger partial charge in [0.05, 0.1) is 23.1 Å². The summed E-state index contributed by atoms with van der Waals surface area (Å²) in [5.74, 6) is 0.413. The fourth-order valence-electron chi connectivity index (χ4n) is 2.68. The van der Waals surface area contributed by atoms with Crippen molar-refractivity contribution in [3.63, 3.8) is 0 Å². The van der Waals surface area contributed by atoms with Gasteiger partial charge in [-0.05, 0) is 48.0 Å². The number of fused-ring (bicyclic) bond motifs is 1. The molecule has 1 aliphatic rings. The van der Waals surface area contributed by atoms with Crippen LogP contribution in [0.5, 0.6) is 11.5 Å².